The van der Waals surface area contributed by atoms with Crippen LogP contribution < -0.4 is 5.32 Å². The summed E-state index contributed by atoms with van der Waals surface area (Å²) >= 11 is 0. The average Bonchev–Trinajstić information content (AvgIpc) is 2.19. The molecule has 1 heterocycles. The molecule has 0 spiro atoms. The predicted molar refractivity (Wildman–Crippen MR) is 28.3 cm³/mol. The molecule has 2 N–H and O–H groups in total. The highest BCUT2D eigenvalue weighted by atomic mass is 15.5. The molecule has 0 unspecified atom stereocenters. The summed E-state index contributed by atoms with van der Waals surface area (Å²) in [4.78, 5) is 0. The number of rotatable bonds is 2. The van der Waals surface area contributed by atoms with Crippen LogP contribution in [0, 0.1) is 0 Å². The van der Waals surface area contributed by atoms with Crippen LogP contribution in [0.15, 0.2) is 0 Å². The molecule has 0 saturated heterocycles. The number of H-pyrrole nitrogens is 1. The first kappa shape index (κ1) is 5.02. The Morgan fingerprint density at radius 3 is 3.12 bits per heavy atom. The molecule has 0 aliphatic rings. The van der Waals surface area contributed by atoms with Crippen molar-refractivity contribution in [1.82, 2.24) is 20.6 Å². The molecule has 5 nitrogen and oxygen atoms in total. The molecule has 0 bridgehead atoms. The van der Waals surface area contributed by atoms with Crippen molar-refractivity contribution >= 4 is 5.95 Å². The van der Waals surface area contributed by atoms with Gasteiger partial charge in [0.2, 0.25) is 0 Å². The summed E-state index contributed by atoms with van der Waals surface area (Å²) < 4.78 is 0. The largest absolute Gasteiger partial charge is 0.352 e. The van der Waals surface area contributed by atoms with Crippen LogP contribution in [0.3, 0.4) is 0 Å². The molecular formula is C3H7N5. The third kappa shape index (κ3) is 0.927. The second-order valence-corrected chi connectivity index (χ2v) is 1.27. The van der Waals surface area contributed by atoms with Crippen molar-refractivity contribution in [3.63, 3.8) is 0 Å². The minimum absolute atomic E-state index is 0.549. The van der Waals surface area contributed by atoms with Gasteiger partial charge in [-0.25, -0.2) is 0 Å². The van der Waals surface area contributed by atoms with E-state index in [4.69, 9.17) is 0 Å². The lowest BCUT2D eigenvalue weighted by Crippen LogP contribution is -1.97. The van der Waals surface area contributed by atoms with E-state index in [1.807, 2.05) is 6.92 Å². The van der Waals surface area contributed by atoms with Crippen LogP contribution in [0.5, 0.6) is 0 Å². The number of nitrogens with one attached hydrogen (secondary N) is 2. The van der Waals surface area contributed by atoms with E-state index in [2.05, 4.69) is 25.9 Å². The second kappa shape index (κ2) is 2.25. The van der Waals surface area contributed by atoms with E-state index in [-0.39, 0.29) is 0 Å². The summed E-state index contributed by atoms with van der Waals surface area (Å²) in [6, 6.07) is 0. The van der Waals surface area contributed by atoms with Crippen LogP contribution in [0.2, 0.25) is 0 Å². The molecule has 1 rings (SSSR count). The first-order valence-corrected chi connectivity index (χ1v) is 2.41. The van der Waals surface area contributed by atoms with Gasteiger partial charge >= 0.3 is 0 Å². The lowest BCUT2D eigenvalue weighted by molar-refractivity contribution is 0.881. The zero-order valence-electron chi connectivity index (χ0n) is 4.55. The Bertz CT molecular complexity index is 133. The number of nitrogens with zero attached hydrogens (tertiary/aromatic N) is 3. The number of anilines is 1. The molecule has 0 amide bonds. The fourth-order valence-electron chi connectivity index (χ4n) is 0.395. The summed E-state index contributed by atoms with van der Waals surface area (Å²) in [5, 5.41) is 15.8. The number of hydrogen-bond acceptors (Lipinski definition) is 4. The first-order valence-electron chi connectivity index (χ1n) is 2.41. The van der Waals surface area contributed by atoms with Crippen LogP contribution in [0.25, 0.3) is 0 Å². The van der Waals surface area contributed by atoms with E-state index in [0.717, 1.165) is 6.54 Å². The Hall–Kier alpha value is -1.13. The molecule has 0 fully saturated rings. The molecule has 0 saturated carbocycles. The van der Waals surface area contributed by atoms with Gasteiger partial charge < -0.3 is 5.32 Å². The Labute approximate surface area is 46.5 Å². The van der Waals surface area contributed by atoms with Gasteiger partial charge in [0.25, 0.3) is 5.95 Å². The van der Waals surface area contributed by atoms with E-state index >= 15 is 0 Å². The van der Waals surface area contributed by atoms with Crippen LogP contribution >= 0.6 is 0 Å². The number of hydrogen-bond donors (Lipinski definition) is 2. The van der Waals surface area contributed by atoms with Crippen molar-refractivity contribution < 1.29 is 0 Å². The smallest absolute Gasteiger partial charge is 0.263 e. The summed E-state index contributed by atoms with van der Waals surface area (Å²) in [6.45, 7) is 2.79. The van der Waals surface area contributed by atoms with Gasteiger partial charge in [0, 0.05) is 6.54 Å². The maximum Gasteiger partial charge on any atom is 0.263 e. The fourth-order valence-corrected chi connectivity index (χ4v) is 0.395. The Morgan fingerprint density at radius 1 is 1.75 bits per heavy atom. The molecule has 0 radical (unpaired) electrons. The summed E-state index contributed by atoms with van der Waals surface area (Å²) in [7, 11) is 0. The van der Waals surface area contributed by atoms with Crippen molar-refractivity contribution in [1.29, 1.82) is 0 Å². The molecule has 5 heteroatoms. The van der Waals surface area contributed by atoms with Crippen molar-refractivity contribution in [2.75, 3.05) is 11.9 Å². The third-order valence-electron chi connectivity index (χ3n) is 0.680. The molecule has 0 aliphatic heterocycles. The van der Waals surface area contributed by atoms with Crippen LogP contribution in [0.1, 0.15) is 6.92 Å². The highest BCUT2D eigenvalue weighted by Crippen LogP contribution is 1.85. The predicted octanol–water partition coefficient (Wildman–Crippen LogP) is -0.369. The first-order chi connectivity index (χ1) is 3.93. The van der Waals surface area contributed by atoms with Crippen molar-refractivity contribution in [3.8, 4) is 0 Å². The molecular weight excluding hydrogens is 106 g/mol. The van der Waals surface area contributed by atoms with E-state index in [0.29, 0.717) is 5.95 Å². The van der Waals surface area contributed by atoms with Gasteiger partial charge in [-0.3, -0.25) is 0 Å². The average molecular weight is 113 g/mol. The SMILES string of the molecule is CCNc1nn[nH]n1. The lowest BCUT2D eigenvalue weighted by atomic mass is 10.7. The lowest BCUT2D eigenvalue weighted by Gasteiger charge is -1.88. The van der Waals surface area contributed by atoms with Gasteiger partial charge in [-0.1, -0.05) is 5.10 Å². The topological polar surface area (TPSA) is 66.5 Å². The van der Waals surface area contributed by atoms with Crippen LogP contribution in [-0.4, -0.2) is 27.2 Å². The van der Waals surface area contributed by atoms with Crippen LogP contribution in [0.4, 0.5) is 5.95 Å². The second-order valence-electron chi connectivity index (χ2n) is 1.27. The van der Waals surface area contributed by atoms with E-state index in [9.17, 15) is 0 Å². The molecule has 0 aromatic carbocycles. The van der Waals surface area contributed by atoms with Gasteiger partial charge in [-0.2, -0.15) is 5.21 Å². The minimum atomic E-state index is 0.549. The van der Waals surface area contributed by atoms with Crippen LogP contribution in [-0.2, 0) is 0 Å². The highest BCUT2D eigenvalue weighted by molar-refractivity contribution is 5.17. The van der Waals surface area contributed by atoms with Crippen molar-refractivity contribution in [2.24, 2.45) is 0 Å². The quantitative estimate of drug-likeness (QED) is 0.549. The van der Waals surface area contributed by atoms with Gasteiger partial charge in [-0.15, -0.1) is 5.10 Å². The van der Waals surface area contributed by atoms with Gasteiger partial charge in [-0.05, 0) is 12.1 Å². The number of tetrazole rings is 1. The summed E-state index contributed by atoms with van der Waals surface area (Å²) in [6.07, 6.45) is 0. The van der Waals surface area contributed by atoms with Gasteiger partial charge in [0.15, 0.2) is 0 Å². The monoisotopic (exact) mass is 113 g/mol. The molecule has 0 aliphatic carbocycles. The minimum Gasteiger partial charge on any atom is -0.352 e. The maximum atomic E-state index is 3.65. The summed E-state index contributed by atoms with van der Waals surface area (Å²) in [5.41, 5.74) is 0. The Balaban J connectivity index is 2.50. The van der Waals surface area contributed by atoms with Gasteiger partial charge in [0.1, 0.15) is 0 Å². The maximum absolute atomic E-state index is 3.65. The zero-order chi connectivity index (χ0) is 5.82. The van der Waals surface area contributed by atoms with E-state index in [1.54, 1.807) is 0 Å². The Morgan fingerprint density at radius 2 is 2.62 bits per heavy atom. The third-order valence-corrected chi connectivity index (χ3v) is 0.680. The zero-order valence-corrected chi connectivity index (χ0v) is 4.55. The molecule has 44 valence electrons. The Kier molecular flexibility index (Phi) is 1.41. The highest BCUT2D eigenvalue weighted by Gasteiger charge is 1.88. The number of aromatic amines is 1. The van der Waals surface area contributed by atoms with E-state index < -0.39 is 0 Å². The normalized spacial score (nSPS) is 9.12. The standard InChI is InChI=1S/C3H7N5/c1-2-4-3-5-7-8-6-3/h2H2,1H3,(H2,4,5,6,7,8). The van der Waals surface area contributed by atoms with Gasteiger partial charge in [0.05, 0.1) is 0 Å². The molecule has 1 aromatic heterocycles. The van der Waals surface area contributed by atoms with E-state index in [1.165, 1.54) is 0 Å². The van der Waals surface area contributed by atoms with Crippen molar-refractivity contribution in [2.45, 2.75) is 6.92 Å². The molecule has 0 atom stereocenters. The fraction of sp³-hybridized carbons (Fsp3) is 0.667. The van der Waals surface area contributed by atoms with Crippen molar-refractivity contribution in [3.05, 3.63) is 0 Å². The molecule has 1 aromatic rings. The summed E-state index contributed by atoms with van der Waals surface area (Å²) in [5.74, 6) is 0.549. The molecule has 8 heavy (non-hydrogen) atoms. The number of aromatic nitrogens is 4.